The summed E-state index contributed by atoms with van der Waals surface area (Å²) in [5.74, 6) is 1.38. The zero-order valence-corrected chi connectivity index (χ0v) is 14.0. The Morgan fingerprint density at radius 2 is 2.04 bits per heavy atom. The largest absolute Gasteiger partial charge is 0.494 e. The van der Waals surface area contributed by atoms with Gasteiger partial charge >= 0.3 is 6.03 Å². The summed E-state index contributed by atoms with van der Waals surface area (Å²) in [6.45, 7) is 5.00. The molecule has 0 atom stereocenters. The first-order valence-electron chi connectivity index (χ1n) is 8.51. The van der Waals surface area contributed by atoms with Crippen LogP contribution in [0, 0.1) is 5.92 Å². The molecule has 0 aromatic heterocycles. The molecule has 1 aromatic carbocycles. The van der Waals surface area contributed by atoms with Crippen LogP contribution in [-0.4, -0.2) is 29.9 Å². The van der Waals surface area contributed by atoms with Crippen LogP contribution in [0.15, 0.2) is 24.3 Å². The fraction of sp³-hybridized carbons (Fsp3) is 0.611. The molecule has 1 aromatic rings. The normalized spacial score (nSPS) is 21.0. The van der Waals surface area contributed by atoms with Crippen LogP contribution in [0.1, 0.15) is 46.0 Å². The van der Waals surface area contributed by atoms with Crippen molar-refractivity contribution >= 4 is 11.7 Å². The van der Waals surface area contributed by atoms with E-state index in [1.165, 1.54) is 0 Å². The third-order valence-electron chi connectivity index (χ3n) is 4.09. The van der Waals surface area contributed by atoms with Gasteiger partial charge in [-0.25, -0.2) is 4.79 Å². The standard InChI is InChI=1S/C18H28N2O3/c1-13(2)10-11-23-17-5-3-4-15(12-17)20-18(22)19-14-6-8-16(21)9-7-14/h3-5,12-14,16,21H,6-11H2,1-2H3,(H2,19,20,22). The first kappa shape index (κ1) is 17.6. The van der Waals surface area contributed by atoms with E-state index in [0.29, 0.717) is 12.5 Å². The Bertz CT molecular complexity index is 497. The van der Waals surface area contributed by atoms with Crippen molar-refractivity contribution < 1.29 is 14.6 Å². The van der Waals surface area contributed by atoms with E-state index in [9.17, 15) is 9.90 Å². The van der Waals surface area contributed by atoms with Gasteiger partial charge in [-0.1, -0.05) is 19.9 Å². The summed E-state index contributed by atoms with van der Waals surface area (Å²) < 4.78 is 5.70. The number of urea groups is 1. The van der Waals surface area contributed by atoms with Gasteiger partial charge in [0.25, 0.3) is 0 Å². The maximum atomic E-state index is 12.1. The SMILES string of the molecule is CC(C)CCOc1cccc(NC(=O)NC2CCC(O)CC2)c1. The monoisotopic (exact) mass is 320 g/mol. The second-order valence-corrected chi connectivity index (χ2v) is 6.66. The molecule has 23 heavy (non-hydrogen) atoms. The zero-order valence-electron chi connectivity index (χ0n) is 14.0. The lowest BCUT2D eigenvalue weighted by atomic mass is 9.93. The number of amides is 2. The Hall–Kier alpha value is -1.75. The van der Waals surface area contributed by atoms with E-state index in [4.69, 9.17) is 4.74 Å². The van der Waals surface area contributed by atoms with E-state index >= 15 is 0 Å². The average molecular weight is 320 g/mol. The summed E-state index contributed by atoms with van der Waals surface area (Å²) >= 11 is 0. The lowest BCUT2D eigenvalue weighted by molar-refractivity contribution is 0.118. The molecule has 0 heterocycles. The van der Waals surface area contributed by atoms with E-state index in [1.807, 2.05) is 24.3 Å². The van der Waals surface area contributed by atoms with Crippen LogP contribution >= 0.6 is 0 Å². The van der Waals surface area contributed by atoms with Gasteiger partial charge in [0.15, 0.2) is 0 Å². The number of hydrogen-bond acceptors (Lipinski definition) is 3. The highest BCUT2D eigenvalue weighted by molar-refractivity contribution is 5.89. The molecule has 0 radical (unpaired) electrons. The number of anilines is 1. The van der Waals surface area contributed by atoms with Gasteiger partial charge in [0.1, 0.15) is 5.75 Å². The molecule has 1 saturated carbocycles. The van der Waals surface area contributed by atoms with E-state index in [-0.39, 0.29) is 18.2 Å². The predicted octanol–water partition coefficient (Wildman–Crippen LogP) is 3.54. The second-order valence-electron chi connectivity index (χ2n) is 6.66. The summed E-state index contributed by atoms with van der Waals surface area (Å²) in [5.41, 5.74) is 0.723. The lowest BCUT2D eigenvalue weighted by Gasteiger charge is -2.26. The number of nitrogens with one attached hydrogen (secondary N) is 2. The van der Waals surface area contributed by atoms with Crippen molar-refractivity contribution in [3.8, 4) is 5.75 Å². The van der Waals surface area contributed by atoms with Gasteiger partial charge in [-0.2, -0.15) is 0 Å². The van der Waals surface area contributed by atoms with Gasteiger partial charge in [0.2, 0.25) is 0 Å². The molecule has 2 amide bonds. The van der Waals surface area contributed by atoms with Crippen LogP contribution in [0.25, 0.3) is 0 Å². The van der Waals surface area contributed by atoms with E-state index < -0.39 is 0 Å². The first-order valence-corrected chi connectivity index (χ1v) is 8.51. The van der Waals surface area contributed by atoms with E-state index in [1.54, 1.807) is 0 Å². The average Bonchev–Trinajstić information content (AvgIpc) is 2.49. The molecule has 3 N–H and O–H groups in total. The number of hydrogen-bond donors (Lipinski definition) is 3. The molecule has 0 spiro atoms. The maximum absolute atomic E-state index is 12.1. The van der Waals surface area contributed by atoms with Crippen LogP contribution in [-0.2, 0) is 0 Å². The zero-order chi connectivity index (χ0) is 16.7. The van der Waals surface area contributed by atoms with Crippen LogP contribution in [0.5, 0.6) is 5.75 Å². The minimum atomic E-state index is -0.212. The Morgan fingerprint density at radius 1 is 1.30 bits per heavy atom. The number of benzene rings is 1. The molecule has 1 aliphatic carbocycles. The van der Waals surface area contributed by atoms with Crippen molar-refractivity contribution in [2.45, 2.75) is 58.1 Å². The molecule has 0 unspecified atom stereocenters. The second kappa shape index (κ2) is 8.77. The van der Waals surface area contributed by atoms with E-state index in [2.05, 4.69) is 24.5 Å². The Balaban J connectivity index is 1.78. The van der Waals surface area contributed by atoms with Crippen molar-refractivity contribution in [1.82, 2.24) is 5.32 Å². The fourth-order valence-electron chi connectivity index (χ4n) is 2.65. The summed E-state index contributed by atoms with van der Waals surface area (Å²) in [5, 5.41) is 15.3. The number of aliphatic hydroxyl groups excluding tert-OH is 1. The van der Waals surface area contributed by atoms with Crippen LogP contribution in [0.4, 0.5) is 10.5 Å². The number of ether oxygens (including phenoxy) is 1. The minimum absolute atomic E-state index is 0.142. The molecule has 128 valence electrons. The fourth-order valence-corrected chi connectivity index (χ4v) is 2.65. The Kier molecular flexibility index (Phi) is 6.71. The highest BCUT2D eigenvalue weighted by Gasteiger charge is 2.20. The van der Waals surface area contributed by atoms with Gasteiger partial charge < -0.3 is 20.5 Å². The highest BCUT2D eigenvalue weighted by atomic mass is 16.5. The van der Waals surface area contributed by atoms with Crippen molar-refractivity contribution in [3.05, 3.63) is 24.3 Å². The quantitative estimate of drug-likeness (QED) is 0.751. The third kappa shape index (κ3) is 6.48. The first-order chi connectivity index (χ1) is 11.0. The molecular weight excluding hydrogens is 292 g/mol. The topological polar surface area (TPSA) is 70.6 Å². The van der Waals surface area contributed by atoms with Crippen LogP contribution in [0.3, 0.4) is 0 Å². The lowest BCUT2D eigenvalue weighted by Crippen LogP contribution is -2.40. The summed E-state index contributed by atoms with van der Waals surface area (Å²) in [6, 6.07) is 7.39. The minimum Gasteiger partial charge on any atom is -0.494 e. The van der Waals surface area contributed by atoms with Gasteiger partial charge in [-0.15, -0.1) is 0 Å². The molecule has 5 nitrogen and oxygen atoms in total. The smallest absolute Gasteiger partial charge is 0.319 e. The van der Waals surface area contributed by atoms with Crippen LogP contribution in [0.2, 0.25) is 0 Å². The maximum Gasteiger partial charge on any atom is 0.319 e. The molecule has 0 bridgehead atoms. The number of aliphatic hydroxyl groups is 1. The van der Waals surface area contributed by atoms with Crippen molar-refractivity contribution in [3.63, 3.8) is 0 Å². The van der Waals surface area contributed by atoms with Crippen molar-refractivity contribution in [2.24, 2.45) is 5.92 Å². The highest BCUT2D eigenvalue weighted by Crippen LogP contribution is 2.20. The molecular formula is C18H28N2O3. The molecule has 0 aliphatic heterocycles. The number of rotatable bonds is 6. The third-order valence-corrected chi connectivity index (χ3v) is 4.09. The van der Waals surface area contributed by atoms with Crippen LogP contribution < -0.4 is 15.4 Å². The summed E-state index contributed by atoms with van der Waals surface area (Å²) in [7, 11) is 0. The van der Waals surface area contributed by atoms with Gasteiger partial charge in [0.05, 0.1) is 12.7 Å². The summed E-state index contributed by atoms with van der Waals surface area (Å²) in [6.07, 6.45) is 3.95. The molecule has 2 rings (SSSR count). The predicted molar refractivity (Wildman–Crippen MR) is 91.8 cm³/mol. The molecule has 0 saturated heterocycles. The summed E-state index contributed by atoms with van der Waals surface area (Å²) in [4.78, 5) is 12.1. The van der Waals surface area contributed by atoms with E-state index in [0.717, 1.165) is 43.5 Å². The van der Waals surface area contributed by atoms with Crippen molar-refractivity contribution in [2.75, 3.05) is 11.9 Å². The Morgan fingerprint density at radius 3 is 2.74 bits per heavy atom. The number of carbonyl (C=O) groups excluding carboxylic acids is 1. The molecule has 1 aliphatic rings. The van der Waals surface area contributed by atoms with Crippen molar-refractivity contribution in [1.29, 1.82) is 0 Å². The van der Waals surface area contributed by atoms with Gasteiger partial charge in [-0.3, -0.25) is 0 Å². The number of carbonyl (C=O) groups is 1. The molecule has 5 heteroatoms. The van der Waals surface area contributed by atoms with Gasteiger partial charge in [-0.05, 0) is 50.2 Å². The molecule has 1 fully saturated rings. The van der Waals surface area contributed by atoms with Gasteiger partial charge in [0, 0.05) is 17.8 Å². The Labute approximate surface area is 138 Å².